The molecule has 2 atom stereocenters. The third-order valence-corrected chi connectivity index (χ3v) is 7.18. The zero-order valence-electron chi connectivity index (χ0n) is 18.1. The Hall–Kier alpha value is -2.43. The third-order valence-electron chi connectivity index (χ3n) is 5.47. The van der Waals surface area contributed by atoms with Gasteiger partial charge in [0.25, 0.3) is 5.91 Å². The summed E-state index contributed by atoms with van der Waals surface area (Å²) >= 11 is 30.9. The number of hydrogen-bond acceptors (Lipinski definition) is 4. The van der Waals surface area contributed by atoms with Gasteiger partial charge in [-0.2, -0.15) is 13.2 Å². The van der Waals surface area contributed by atoms with Crippen LogP contribution >= 0.6 is 58.0 Å². The molecule has 0 aliphatic heterocycles. The molecule has 0 radical (unpaired) electrons. The fourth-order valence-electron chi connectivity index (χ4n) is 3.78. The van der Waals surface area contributed by atoms with Crippen LogP contribution in [0.1, 0.15) is 27.4 Å². The number of pyridine rings is 1. The molecule has 0 bridgehead atoms. The van der Waals surface area contributed by atoms with E-state index in [0.717, 1.165) is 0 Å². The Morgan fingerprint density at radius 3 is 2.22 bits per heavy atom. The van der Waals surface area contributed by atoms with Crippen molar-refractivity contribution >= 4 is 87.1 Å². The maximum atomic E-state index is 13.1. The number of aromatic nitrogens is 1. The van der Waals surface area contributed by atoms with Crippen LogP contribution < -0.4 is 16.4 Å². The molecule has 1 aliphatic rings. The van der Waals surface area contributed by atoms with Crippen LogP contribution in [0.5, 0.6) is 0 Å². The summed E-state index contributed by atoms with van der Waals surface area (Å²) in [7, 11) is 0. The largest absolute Gasteiger partial charge is 0.416 e. The highest BCUT2D eigenvalue weighted by Gasteiger charge is 2.67. The maximum absolute atomic E-state index is 13.1. The minimum absolute atomic E-state index is 0.0302. The highest BCUT2D eigenvalue weighted by Crippen LogP contribution is 2.65. The average Bonchev–Trinajstić information content (AvgIpc) is 3.35. The van der Waals surface area contributed by atoms with E-state index in [4.69, 9.17) is 63.7 Å². The van der Waals surface area contributed by atoms with Crippen molar-refractivity contribution < 1.29 is 22.8 Å². The van der Waals surface area contributed by atoms with Crippen LogP contribution in [0.3, 0.4) is 0 Å². The summed E-state index contributed by atoms with van der Waals surface area (Å²) in [5.41, 5.74) is 4.94. The molecule has 1 aliphatic carbocycles. The highest BCUT2D eigenvalue weighted by molar-refractivity contribution is 6.53. The number of carbonyl (C=O) groups excluding carboxylic acids is 2. The molecule has 1 fully saturated rings. The zero-order chi connectivity index (χ0) is 27.3. The molecule has 1 heterocycles. The molecule has 2 aromatic carbocycles. The van der Waals surface area contributed by atoms with E-state index < -0.39 is 51.4 Å². The first-order chi connectivity index (χ1) is 17.2. The molecule has 2 amide bonds. The van der Waals surface area contributed by atoms with Crippen molar-refractivity contribution in [1.29, 1.82) is 0 Å². The number of nitrogens with zero attached hydrogens (tertiary/aromatic N) is 1. The molecule has 37 heavy (non-hydrogen) atoms. The number of halogens is 8. The van der Waals surface area contributed by atoms with Gasteiger partial charge < -0.3 is 16.4 Å². The van der Waals surface area contributed by atoms with Crippen molar-refractivity contribution in [3.63, 3.8) is 0 Å². The van der Waals surface area contributed by atoms with Gasteiger partial charge in [0.2, 0.25) is 5.91 Å². The van der Waals surface area contributed by atoms with Crippen LogP contribution in [-0.4, -0.2) is 21.1 Å². The minimum Gasteiger partial charge on any atom is -0.384 e. The van der Waals surface area contributed by atoms with Gasteiger partial charge in [-0.25, -0.2) is 4.98 Å². The van der Waals surface area contributed by atoms with E-state index in [0.29, 0.717) is 27.7 Å². The van der Waals surface area contributed by atoms with E-state index in [1.165, 1.54) is 24.3 Å². The number of carbonyl (C=O) groups is 2. The number of nitrogen functional groups attached to an aromatic ring is 1. The molecular formula is C23H14Cl5F3N4O2. The molecule has 2 unspecified atom stereocenters. The van der Waals surface area contributed by atoms with E-state index in [9.17, 15) is 22.8 Å². The fourth-order valence-corrected chi connectivity index (χ4v) is 5.36. The number of rotatable bonds is 5. The van der Waals surface area contributed by atoms with Crippen LogP contribution in [0.25, 0.3) is 0 Å². The monoisotopic (exact) mass is 610 g/mol. The standard InChI is InChI=1S/C23H14Cl5F3N4O2/c24-11-3-9(4-12(25)7-11)18-19(22(18,27)28)21(37)33-13-1-2-15(26)14(8-13)20(36)35-17-6-10(23(29,30)31)5-16(32)34-17/h1-8,18-19H,(H,33,37)(H3,32,34,35,36). The lowest BCUT2D eigenvalue weighted by atomic mass is 10.1. The normalized spacial score (nSPS) is 18.3. The van der Waals surface area contributed by atoms with Gasteiger partial charge in [-0.3, -0.25) is 9.59 Å². The van der Waals surface area contributed by atoms with Crippen molar-refractivity contribution in [2.45, 2.75) is 16.4 Å². The van der Waals surface area contributed by atoms with Gasteiger partial charge in [0.15, 0.2) is 0 Å². The second kappa shape index (κ2) is 10.0. The minimum atomic E-state index is -4.70. The topological polar surface area (TPSA) is 97.1 Å². The molecule has 0 spiro atoms. The Labute approximate surface area is 233 Å². The van der Waals surface area contributed by atoms with E-state index in [1.807, 2.05) is 0 Å². The molecule has 14 heteroatoms. The van der Waals surface area contributed by atoms with Gasteiger partial charge in [0, 0.05) is 21.7 Å². The Bertz CT molecular complexity index is 1400. The second-order valence-corrected chi connectivity index (χ2v) is 10.9. The Morgan fingerprint density at radius 2 is 1.59 bits per heavy atom. The fraction of sp³-hybridized carbons (Fsp3) is 0.174. The quantitative estimate of drug-likeness (QED) is 0.261. The van der Waals surface area contributed by atoms with Crippen LogP contribution in [0, 0.1) is 5.92 Å². The van der Waals surface area contributed by atoms with E-state index >= 15 is 0 Å². The van der Waals surface area contributed by atoms with Gasteiger partial charge in [0.05, 0.1) is 22.1 Å². The van der Waals surface area contributed by atoms with E-state index in [-0.39, 0.29) is 16.3 Å². The van der Waals surface area contributed by atoms with Gasteiger partial charge >= 0.3 is 6.18 Å². The van der Waals surface area contributed by atoms with Crippen molar-refractivity contribution in [2.75, 3.05) is 16.4 Å². The lowest BCUT2D eigenvalue weighted by Gasteiger charge is -2.12. The first-order valence-electron chi connectivity index (χ1n) is 10.3. The Balaban J connectivity index is 1.52. The molecule has 0 saturated heterocycles. The SMILES string of the molecule is Nc1cc(C(F)(F)F)cc(NC(=O)c2cc(NC(=O)C3C(c4cc(Cl)cc(Cl)c4)C3(Cl)Cl)ccc2Cl)n1. The van der Waals surface area contributed by atoms with E-state index in [2.05, 4.69) is 15.6 Å². The summed E-state index contributed by atoms with van der Waals surface area (Å²) in [6.45, 7) is 0. The second-order valence-electron chi connectivity index (χ2n) is 8.13. The molecule has 1 saturated carbocycles. The third kappa shape index (κ3) is 6.02. The van der Waals surface area contributed by atoms with Crippen molar-refractivity contribution in [2.24, 2.45) is 5.92 Å². The Morgan fingerprint density at radius 1 is 0.946 bits per heavy atom. The van der Waals surface area contributed by atoms with E-state index in [1.54, 1.807) is 12.1 Å². The number of nitrogens with two attached hydrogens (primary N) is 1. The molecule has 4 rings (SSSR count). The summed E-state index contributed by atoms with van der Waals surface area (Å²) in [5.74, 6) is -3.77. The predicted octanol–water partition coefficient (Wildman–Crippen LogP) is 7.42. The molecule has 4 N–H and O–H groups in total. The van der Waals surface area contributed by atoms with Gasteiger partial charge in [-0.15, -0.1) is 23.2 Å². The van der Waals surface area contributed by atoms with Gasteiger partial charge in [0.1, 0.15) is 16.0 Å². The number of benzene rings is 2. The van der Waals surface area contributed by atoms with Crippen LogP contribution in [0.2, 0.25) is 15.1 Å². The first kappa shape index (κ1) is 27.6. The first-order valence-corrected chi connectivity index (χ1v) is 12.2. The van der Waals surface area contributed by atoms with Crippen LogP contribution in [0.15, 0.2) is 48.5 Å². The van der Waals surface area contributed by atoms with Crippen LogP contribution in [0.4, 0.5) is 30.5 Å². The number of anilines is 3. The van der Waals surface area contributed by atoms with Crippen molar-refractivity contribution in [1.82, 2.24) is 4.98 Å². The molecule has 194 valence electrons. The lowest BCUT2D eigenvalue weighted by Crippen LogP contribution is -2.19. The smallest absolute Gasteiger partial charge is 0.384 e. The summed E-state index contributed by atoms with van der Waals surface area (Å²) in [6, 6.07) is 9.99. The van der Waals surface area contributed by atoms with Crippen LogP contribution in [-0.2, 0) is 11.0 Å². The average molecular weight is 613 g/mol. The molecule has 3 aromatic rings. The number of nitrogens with one attached hydrogen (secondary N) is 2. The lowest BCUT2D eigenvalue weighted by molar-refractivity contribution is -0.137. The summed E-state index contributed by atoms with van der Waals surface area (Å²) in [4.78, 5) is 29.4. The molecular weight excluding hydrogens is 599 g/mol. The van der Waals surface area contributed by atoms with Crippen molar-refractivity contribution in [3.05, 3.63) is 80.3 Å². The zero-order valence-corrected chi connectivity index (χ0v) is 21.9. The molecule has 1 aromatic heterocycles. The number of alkyl halides is 5. The Kier molecular flexibility index (Phi) is 7.49. The summed E-state index contributed by atoms with van der Waals surface area (Å²) in [6.07, 6.45) is -4.70. The number of amides is 2. The van der Waals surface area contributed by atoms with Crippen molar-refractivity contribution in [3.8, 4) is 0 Å². The predicted molar refractivity (Wildman–Crippen MR) is 139 cm³/mol. The molecule has 6 nitrogen and oxygen atoms in total. The van der Waals surface area contributed by atoms with Gasteiger partial charge in [-0.05, 0) is 54.1 Å². The summed E-state index contributed by atoms with van der Waals surface area (Å²) in [5, 5.41) is 5.51. The number of hydrogen-bond donors (Lipinski definition) is 3. The highest BCUT2D eigenvalue weighted by atomic mass is 35.5. The summed E-state index contributed by atoms with van der Waals surface area (Å²) < 4.78 is 37.7. The van der Waals surface area contributed by atoms with Gasteiger partial charge in [-0.1, -0.05) is 34.8 Å². The maximum Gasteiger partial charge on any atom is 0.416 e.